The number of hydrogen-bond acceptors (Lipinski definition) is 6. The molecule has 2 aromatic carbocycles. The lowest BCUT2D eigenvalue weighted by molar-refractivity contribution is 0.0963. The molecule has 3 N–H and O–H groups in total. The van der Waals surface area contributed by atoms with Crippen molar-refractivity contribution in [2.24, 2.45) is 0 Å². The molecule has 0 aliphatic heterocycles. The van der Waals surface area contributed by atoms with Gasteiger partial charge in [-0.25, -0.2) is 4.98 Å². The van der Waals surface area contributed by atoms with E-state index in [1.165, 1.54) is 11.3 Å². The monoisotopic (exact) mass is 445 g/mol. The van der Waals surface area contributed by atoms with Crippen molar-refractivity contribution in [2.75, 3.05) is 26.5 Å². The fraction of sp³-hybridized carbons (Fsp3) is 0.120. The Morgan fingerprint density at radius 1 is 1.12 bits per heavy atom. The summed E-state index contributed by atoms with van der Waals surface area (Å²) in [6, 6.07) is 17.5. The normalized spacial score (nSPS) is 10.7. The summed E-state index contributed by atoms with van der Waals surface area (Å²) in [5.74, 6) is 0.939. The van der Waals surface area contributed by atoms with Crippen LogP contribution < -0.4 is 20.5 Å². The summed E-state index contributed by atoms with van der Waals surface area (Å²) in [6.45, 7) is 4.00. The summed E-state index contributed by atoms with van der Waals surface area (Å²) >= 11 is 1.27. The highest BCUT2D eigenvalue weighted by Gasteiger charge is 2.23. The second-order valence-corrected chi connectivity index (χ2v) is 7.98. The highest BCUT2D eigenvalue weighted by molar-refractivity contribution is 7.21. The molecule has 0 unspecified atom stereocenters. The third-order valence-electron chi connectivity index (χ3n) is 5.07. The molecule has 0 radical (unpaired) electrons. The quantitative estimate of drug-likeness (QED) is 0.385. The number of nitrogen functional groups attached to an aromatic ring is 1. The van der Waals surface area contributed by atoms with Gasteiger partial charge in [-0.1, -0.05) is 48.5 Å². The number of hydrogen-bond donors (Lipinski definition) is 2. The summed E-state index contributed by atoms with van der Waals surface area (Å²) in [5.41, 5.74) is 10.3. The van der Waals surface area contributed by atoms with Gasteiger partial charge in [0.25, 0.3) is 5.91 Å². The Hall–Kier alpha value is -3.84. The Labute approximate surface area is 190 Å². The predicted molar refractivity (Wildman–Crippen MR) is 131 cm³/mol. The molecule has 0 saturated heterocycles. The number of carbonyl (C=O) groups excluding carboxylic acids is 1. The van der Waals surface area contributed by atoms with Gasteiger partial charge in [0, 0.05) is 28.6 Å². The van der Waals surface area contributed by atoms with Crippen molar-refractivity contribution >= 4 is 33.1 Å². The van der Waals surface area contributed by atoms with Crippen LogP contribution in [0.1, 0.15) is 9.67 Å². The molecular formula is C25H23N3O3S. The predicted octanol–water partition coefficient (Wildman–Crippen LogP) is 5.15. The lowest BCUT2D eigenvalue weighted by Gasteiger charge is -2.15. The van der Waals surface area contributed by atoms with E-state index < -0.39 is 0 Å². The van der Waals surface area contributed by atoms with Gasteiger partial charge in [0.1, 0.15) is 9.71 Å². The van der Waals surface area contributed by atoms with Gasteiger partial charge in [-0.2, -0.15) is 0 Å². The third kappa shape index (κ3) is 3.78. The zero-order valence-corrected chi connectivity index (χ0v) is 18.7. The smallest absolute Gasteiger partial charge is 0.263 e. The molecule has 2 aromatic heterocycles. The van der Waals surface area contributed by atoms with Crippen molar-refractivity contribution in [1.29, 1.82) is 0 Å². The number of ether oxygens (including phenoxy) is 2. The second kappa shape index (κ2) is 9.11. The highest BCUT2D eigenvalue weighted by atomic mass is 32.1. The Kier molecular flexibility index (Phi) is 6.09. The van der Waals surface area contributed by atoms with Crippen molar-refractivity contribution in [1.82, 2.24) is 10.3 Å². The van der Waals surface area contributed by atoms with E-state index in [0.717, 1.165) is 22.4 Å². The molecule has 2 heterocycles. The SMILES string of the molecule is C=CCNC(=O)c1sc2nc(-c3ccccc3)cc(-c3cccc(OC)c3OC)c2c1N. The van der Waals surface area contributed by atoms with Crippen LogP contribution in [0.4, 0.5) is 5.69 Å². The first-order valence-corrected chi connectivity index (χ1v) is 10.8. The zero-order chi connectivity index (χ0) is 22.7. The van der Waals surface area contributed by atoms with E-state index in [2.05, 4.69) is 11.9 Å². The maximum Gasteiger partial charge on any atom is 0.263 e. The van der Waals surface area contributed by atoms with Crippen molar-refractivity contribution < 1.29 is 14.3 Å². The van der Waals surface area contributed by atoms with Crippen LogP contribution in [-0.4, -0.2) is 31.7 Å². The Morgan fingerprint density at radius 2 is 1.91 bits per heavy atom. The fourth-order valence-corrected chi connectivity index (χ4v) is 4.64. The van der Waals surface area contributed by atoms with Crippen LogP contribution in [0.3, 0.4) is 0 Å². The van der Waals surface area contributed by atoms with E-state index in [0.29, 0.717) is 38.8 Å². The van der Waals surface area contributed by atoms with E-state index in [1.54, 1.807) is 20.3 Å². The molecule has 0 aliphatic rings. The number of pyridine rings is 1. The Balaban J connectivity index is 2.03. The second-order valence-electron chi connectivity index (χ2n) is 6.99. The van der Waals surface area contributed by atoms with Gasteiger partial charge in [-0.3, -0.25) is 4.79 Å². The maximum atomic E-state index is 12.7. The molecule has 0 saturated carbocycles. The number of nitrogens with two attached hydrogens (primary N) is 1. The third-order valence-corrected chi connectivity index (χ3v) is 6.17. The number of rotatable bonds is 7. The van der Waals surface area contributed by atoms with Crippen LogP contribution in [0.25, 0.3) is 32.6 Å². The topological polar surface area (TPSA) is 86.5 Å². The average Bonchev–Trinajstić information content (AvgIpc) is 3.18. The van der Waals surface area contributed by atoms with Crippen molar-refractivity contribution in [3.8, 4) is 33.9 Å². The molecular weight excluding hydrogens is 422 g/mol. The Morgan fingerprint density at radius 3 is 2.59 bits per heavy atom. The summed E-state index contributed by atoms with van der Waals surface area (Å²) in [6.07, 6.45) is 1.62. The first kappa shape index (κ1) is 21.4. The van der Waals surface area contributed by atoms with E-state index in [4.69, 9.17) is 20.2 Å². The molecule has 7 heteroatoms. The number of amides is 1. The number of nitrogens with one attached hydrogen (secondary N) is 1. The molecule has 0 atom stereocenters. The minimum atomic E-state index is -0.254. The number of benzene rings is 2. The molecule has 4 aromatic rings. The van der Waals surface area contributed by atoms with Gasteiger partial charge in [0.15, 0.2) is 11.5 Å². The lowest BCUT2D eigenvalue weighted by atomic mass is 9.98. The van der Waals surface area contributed by atoms with Crippen molar-refractivity contribution in [3.05, 3.63) is 72.1 Å². The van der Waals surface area contributed by atoms with Crippen LogP contribution in [0.2, 0.25) is 0 Å². The van der Waals surface area contributed by atoms with Gasteiger partial charge < -0.3 is 20.5 Å². The number of para-hydroxylation sites is 1. The molecule has 6 nitrogen and oxygen atoms in total. The minimum absolute atomic E-state index is 0.254. The number of thiophene rings is 1. The fourth-order valence-electron chi connectivity index (χ4n) is 3.60. The number of nitrogens with zero attached hydrogens (tertiary/aromatic N) is 1. The number of anilines is 1. The number of methoxy groups -OCH3 is 2. The van der Waals surface area contributed by atoms with E-state index >= 15 is 0 Å². The molecule has 32 heavy (non-hydrogen) atoms. The molecule has 0 fully saturated rings. The number of aromatic nitrogens is 1. The molecule has 162 valence electrons. The van der Waals surface area contributed by atoms with E-state index in [-0.39, 0.29) is 5.91 Å². The van der Waals surface area contributed by atoms with Crippen LogP contribution in [0.5, 0.6) is 11.5 Å². The van der Waals surface area contributed by atoms with Gasteiger partial charge >= 0.3 is 0 Å². The molecule has 1 amide bonds. The van der Waals surface area contributed by atoms with Gasteiger partial charge in [-0.15, -0.1) is 17.9 Å². The standard InChI is InChI=1S/C25H23N3O3S/c1-4-13-27-24(29)23-21(26)20-17(16-11-8-12-19(30-2)22(16)31-3)14-18(28-25(20)32-23)15-9-6-5-7-10-15/h4-12,14H,1,13,26H2,2-3H3,(H,27,29). The maximum absolute atomic E-state index is 12.7. The lowest BCUT2D eigenvalue weighted by Crippen LogP contribution is -2.22. The van der Waals surface area contributed by atoms with Crippen LogP contribution in [0, 0.1) is 0 Å². The average molecular weight is 446 g/mol. The summed E-state index contributed by atoms with van der Waals surface area (Å²) in [7, 11) is 3.20. The van der Waals surface area contributed by atoms with Gasteiger partial charge in [0.2, 0.25) is 0 Å². The molecule has 0 spiro atoms. The largest absolute Gasteiger partial charge is 0.493 e. The highest BCUT2D eigenvalue weighted by Crippen LogP contribution is 2.46. The summed E-state index contributed by atoms with van der Waals surface area (Å²) in [5, 5.41) is 3.51. The van der Waals surface area contributed by atoms with Crippen LogP contribution in [0.15, 0.2) is 67.3 Å². The van der Waals surface area contributed by atoms with Crippen LogP contribution in [-0.2, 0) is 0 Å². The van der Waals surface area contributed by atoms with E-state index in [1.807, 2.05) is 54.6 Å². The minimum Gasteiger partial charge on any atom is -0.493 e. The van der Waals surface area contributed by atoms with Crippen molar-refractivity contribution in [3.63, 3.8) is 0 Å². The van der Waals surface area contributed by atoms with Gasteiger partial charge in [-0.05, 0) is 12.1 Å². The summed E-state index contributed by atoms with van der Waals surface area (Å²) in [4.78, 5) is 18.7. The first-order chi connectivity index (χ1) is 15.6. The van der Waals surface area contributed by atoms with E-state index in [9.17, 15) is 4.79 Å². The molecule has 0 aliphatic carbocycles. The molecule has 4 rings (SSSR count). The van der Waals surface area contributed by atoms with Crippen molar-refractivity contribution in [2.45, 2.75) is 0 Å². The zero-order valence-electron chi connectivity index (χ0n) is 17.8. The summed E-state index contributed by atoms with van der Waals surface area (Å²) < 4.78 is 11.2. The van der Waals surface area contributed by atoms with Gasteiger partial charge in [0.05, 0.1) is 25.6 Å². The first-order valence-electron chi connectivity index (χ1n) is 9.98. The number of carbonyl (C=O) groups is 1. The molecule has 0 bridgehead atoms. The number of fused-ring (bicyclic) bond motifs is 1. The van der Waals surface area contributed by atoms with Crippen LogP contribution >= 0.6 is 11.3 Å². The Bertz CT molecular complexity index is 1300.